The van der Waals surface area contributed by atoms with E-state index in [-0.39, 0.29) is 18.8 Å². The number of aromatic nitrogens is 1. The number of hydrogen-bond donors (Lipinski definition) is 2. The summed E-state index contributed by atoms with van der Waals surface area (Å²) in [6.45, 7) is 0.502. The summed E-state index contributed by atoms with van der Waals surface area (Å²) >= 11 is 0. The number of amides is 1. The summed E-state index contributed by atoms with van der Waals surface area (Å²) in [6.07, 6.45) is 1.29. The maximum absolute atomic E-state index is 12.5. The highest BCUT2D eigenvalue weighted by molar-refractivity contribution is 5.98. The Morgan fingerprint density at radius 2 is 1.62 bits per heavy atom. The van der Waals surface area contributed by atoms with Crippen LogP contribution in [-0.2, 0) is 24.3 Å². The van der Waals surface area contributed by atoms with Gasteiger partial charge in [0.25, 0.3) is 0 Å². The van der Waals surface area contributed by atoms with Gasteiger partial charge in [-0.15, -0.1) is 0 Å². The Kier molecular flexibility index (Phi) is 6.41. The minimum Gasteiger partial charge on any atom is -0.445 e. The number of Topliss-reactive ketones (excluding diaryl/α,β-unsaturated/α-hetero) is 1. The molecule has 0 aliphatic rings. The molecule has 0 unspecified atom stereocenters. The van der Waals surface area contributed by atoms with Gasteiger partial charge in [-0.05, 0) is 34.0 Å². The second-order valence-corrected chi connectivity index (χ2v) is 7.46. The molecule has 1 aromatic heterocycles. The maximum Gasteiger partial charge on any atom is 0.407 e. The first-order valence-corrected chi connectivity index (χ1v) is 10.3. The van der Waals surface area contributed by atoms with Crippen LogP contribution in [-0.4, -0.2) is 16.9 Å². The zero-order chi connectivity index (χ0) is 22.3. The SMILES string of the molecule is Nc1ncccc1CC(=O)c1ccc(CNC(=O)OCc2ccc3ccccc3c2)cc1. The molecule has 0 radical (unpaired) electrons. The lowest BCUT2D eigenvalue weighted by atomic mass is 10.0. The van der Waals surface area contributed by atoms with Crippen molar-refractivity contribution in [2.45, 2.75) is 19.6 Å². The lowest BCUT2D eigenvalue weighted by Gasteiger charge is -2.09. The summed E-state index contributed by atoms with van der Waals surface area (Å²) in [6, 6.07) is 24.7. The van der Waals surface area contributed by atoms with Crippen molar-refractivity contribution in [3.63, 3.8) is 0 Å². The second-order valence-electron chi connectivity index (χ2n) is 7.46. The van der Waals surface area contributed by atoms with Crippen LogP contribution in [0.5, 0.6) is 0 Å². The van der Waals surface area contributed by atoms with Gasteiger partial charge in [0.2, 0.25) is 0 Å². The van der Waals surface area contributed by atoms with Gasteiger partial charge in [0.15, 0.2) is 5.78 Å². The minimum atomic E-state index is -0.495. The van der Waals surface area contributed by atoms with Gasteiger partial charge in [0.1, 0.15) is 12.4 Å². The Labute approximate surface area is 186 Å². The van der Waals surface area contributed by atoms with E-state index in [4.69, 9.17) is 10.5 Å². The first kappa shape index (κ1) is 21.1. The fraction of sp³-hybridized carbons (Fsp3) is 0.115. The molecule has 1 heterocycles. The van der Waals surface area contributed by atoms with Crippen LogP contribution in [0.4, 0.5) is 10.6 Å². The number of anilines is 1. The zero-order valence-corrected chi connectivity index (χ0v) is 17.5. The molecule has 0 bridgehead atoms. The lowest BCUT2D eigenvalue weighted by molar-refractivity contribution is 0.0993. The van der Waals surface area contributed by atoms with Gasteiger partial charge in [-0.3, -0.25) is 4.79 Å². The molecule has 0 atom stereocenters. The highest BCUT2D eigenvalue weighted by Gasteiger charge is 2.10. The summed E-state index contributed by atoms with van der Waals surface area (Å²) in [4.78, 5) is 28.5. The quantitative estimate of drug-likeness (QED) is 0.420. The normalized spacial score (nSPS) is 10.6. The van der Waals surface area contributed by atoms with Crippen LogP contribution in [0, 0.1) is 0 Å². The number of carbonyl (C=O) groups is 2. The summed E-state index contributed by atoms with van der Waals surface area (Å²) in [7, 11) is 0. The molecule has 0 fully saturated rings. The van der Waals surface area contributed by atoms with Crippen LogP contribution >= 0.6 is 0 Å². The van der Waals surface area contributed by atoms with Crippen LogP contribution in [0.25, 0.3) is 10.8 Å². The van der Waals surface area contributed by atoms with E-state index in [0.29, 0.717) is 23.5 Å². The van der Waals surface area contributed by atoms with Crippen molar-refractivity contribution < 1.29 is 14.3 Å². The number of rotatable bonds is 7. The lowest BCUT2D eigenvalue weighted by Crippen LogP contribution is -2.23. The van der Waals surface area contributed by atoms with E-state index >= 15 is 0 Å². The van der Waals surface area contributed by atoms with E-state index in [0.717, 1.165) is 21.9 Å². The molecule has 4 aromatic rings. The molecule has 3 aromatic carbocycles. The van der Waals surface area contributed by atoms with Crippen molar-refractivity contribution in [3.8, 4) is 0 Å². The molecule has 1 amide bonds. The van der Waals surface area contributed by atoms with Crippen molar-refractivity contribution in [1.82, 2.24) is 10.3 Å². The van der Waals surface area contributed by atoms with Gasteiger partial charge in [0.05, 0.1) is 0 Å². The van der Waals surface area contributed by atoms with Crippen LogP contribution < -0.4 is 11.1 Å². The Bertz CT molecular complexity index is 1250. The average molecular weight is 425 g/mol. The van der Waals surface area contributed by atoms with Crippen LogP contribution in [0.1, 0.15) is 27.0 Å². The fourth-order valence-corrected chi connectivity index (χ4v) is 3.39. The second kappa shape index (κ2) is 9.75. The molecule has 0 aliphatic carbocycles. The number of pyridine rings is 1. The van der Waals surface area contributed by atoms with Crippen molar-refractivity contribution >= 4 is 28.5 Å². The third-order valence-electron chi connectivity index (χ3n) is 5.17. The predicted octanol–water partition coefficient (Wildman–Crippen LogP) is 4.67. The summed E-state index contributed by atoms with van der Waals surface area (Å²) < 4.78 is 5.32. The Morgan fingerprint density at radius 1 is 0.875 bits per heavy atom. The molecular weight excluding hydrogens is 402 g/mol. The molecule has 0 spiro atoms. The number of benzene rings is 3. The standard InChI is InChI=1S/C26H23N3O3/c27-25-23(6-3-13-28-25)15-24(30)21-11-7-18(8-12-21)16-29-26(31)32-17-19-9-10-20-4-1-2-5-22(20)14-19/h1-14H,15-17H2,(H2,27,28)(H,29,31). The Hall–Kier alpha value is -4.19. The number of nitrogen functional groups attached to an aromatic ring is 1. The highest BCUT2D eigenvalue weighted by Crippen LogP contribution is 2.16. The minimum absolute atomic E-state index is 0.0426. The van der Waals surface area contributed by atoms with E-state index in [1.807, 2.05) is 54.6 Å². The van der Waals surface area contributed by atoms with Gasteiger partial charge in [0, 0.05) is 30.3 Å². The van der Waals surface area contributed by atoms with E-state index in [1.54, 1.807) is 30.5 Å². The van der Waals surface area contributed by atoms with E-state index in [2.05, 4.69) is 10.3 Å². The number of ether oxygens (including phenoxy) is 1. The van der Waals surface area contributed by atoms with Crippen molar-refractivity contribution in [2.75, 3.05) is 5.73 Å². The van der Waals surface area contributed by atoms with E-state index < -0.39 is 6.09 Å². The number of alkyl carbamates (subject to hydrolysis) is 1. The number of nitrogens with zero attached hydrogens (tertiary/aromatic N) is 1. The molecule has 3 N–H and O–H groups in total. The summed E-state index contributed by atoms with van der Waals surface area (Å²) in [5, 5.41) is 4.98. The third-order valence-corrected chi connectivity index (χ3v) is 5.17. The molecule has 4 rings (SSSR count). The van der Waals surface area contributed by atoms with Crippen LogP contribution in [0.3, 0.4) is 0 Å². The summed E-state index contributed by atoms with van der Waals surface area (Å²) in [5.41, 5.74) is 8.89. The van der Waals surface area contributed by atoms with Gasteiger partial charge >= 0.3 is 6.09 Å². The fourth-order valence-electron chi connectivity index (χ4n) is 3.39. The topological polar surface area (TPSA) is 94.3 Å². The van der Waals surface area contributed by atoms with Crippen LogP contribution in [0.15, 0.2) is 85.1 Å². The molecule has 0 saturated heterocycles. The first-order chi connectivity index (χ1) is 15.6. The van der Waals surface area contributed by atoms with Crippen molar-refractivity contribution in [2.24, 2.45) is 0 Å². The first-order valence-electron chi connectivity index (χ1n) is 10.3. The van der Waals surface area contributed by atoms with Gasteiger partial charge in [-0.2, -0.15) is 0 Å². The van der Waals surface area contributed by atoms with Gasteiger partial charge < -0.3 is 15.8 Å². The number of nitrogens with two attached hydrogens (primary N) is 1. The molecule has 6 heteroatoms. The predicted molar refractivity (Wildman–Crippen MR) is 124 cm³/mol. The molecular formula is C26H23N3O3. The Morgan fingerprint density at radius 3 is 2.41 bits per heavy atom. The van der Waals surface area contributed by atoms with Crippen LogP contribution in [0.2, 0.25) is 0 Å². The van der Waals surface area contributed by atoms with Crippen molar-refractivity contribution in [1.29, 1.82) is 0 Å². The smallest absolute Gasteiger partial charge is 0.407 e. The van der Waals surface area contributed by atoms with Gasteiger partial charge in [-0.25, -0.2) is 9.78 Å². The molecule has 6 nitrogen and oxygen atoms in total. The number of fused-ring (bicyclic) bond motifs is 1. The molecule has 0 aliphatic heterocycles. The number of ketones is 1. The van der Waals surface area contributed by atoms with Crippen molar-refractivity contribution in [3.05, 3.63) is 107 Å². The molecule has 32 heavy (non-hydrogen) atoms. The monoisotopic (exact) mass is 425 g/mol. The highest BCUT2D eigenvalue weighted by atomic mass is 16.5. The zero-order valence-electron chi connectivity index (χ0n) is 17.5. The number of nitrogens with one attached hydrogen (secondary N) is 1. The average Bonchev–Trinajstić information content (AvgIpc) is 2.83. The summed E-state index contributed by atoms with van der Waals surface area (Å²) in [5.74, 6) is 0.322. The number of hydrogen-bond acceptors (Lipinski definition) is 5. The Balaban J connectivity index is 1.26. The molecule has 160 valence electrons. The van der Waals surface area contributed by atoms with E-state index in [1.165, 1.54) is 0 Å². The number of carbonyl (C=O) groups excluding carboxylic acids is 2. The largest absolute Gasteiger partial charge is 0.445 e. The van der Waals surface area contributed by atoms with E-state index in [9.17, 15) is 9.59 Å². The molecule has 0 saturated carbocycles. The maximum atomic E-state index is 12.5. The third kappa shape index (κ3) is 5.29. The van der Waals surface area contributed by atoms with Gasteiger partial charge in [-0.1, -0.05) is 66.7 Å².